The minimum atomic E-state index is 0.486. The molecule has 1 N–H and O–H groups in total. The van der Waals surface area contributed by atoms with Gasteiger partial charge in [-0.15, -0.1) is 0 Å². The summed E-state index contributed by atoms with van der Waals surface area (Å²) in [5, 5.41) is 2.18. The zero-order chi connectivity index (χ0) is 13.3. The molecule has 3 rings (SSSR count). The fourth-order valence-electron chi connectivity index (χ4n) is 2.83. The van der Waals surface area contributed by atoms with Gasteiger partial charge in [-0.3, -0.25) is 0 Å². The smallest absolute Gasteiger partial charge is 0.166 e. The fraction of sp³-hybridized carbons (Fsp3) is 0.533. The summed E-state index contributed by atoms with van der Waals surface area (Å²) in [6.45, 7) is 2.12. The van der Waals surface area contributed by atoms with Crippen molar-refractivity contribution in [1.82, 2.24) is 9.97 Å². The quantitative estimate of drug-likeness (QED) is 0.633. The summed E-state index contributed by atoms with van der Waals surface area (Å²) in [5.41, 5.74) is 3.99. The van der Waals surface area contributed by atoms with Gasteiger partial charge < -0.3 is 4.98 Å². The fourth-order valence-corrected chi connectivity index (χ4v) is 5.03. The van der Waals surface area contributed by atoms with Crippen LogP contribution in [-0.2, 0) is 0 Å². The first-order chi connectivity index (χ1) is 9.21. The Balaban J connectivity index is 1.74. The van der Waals surface area contributed by atoms with Gasteiger partial charge in [0.2, 0.25) is 0 Å². The lowest BCUT2D eigenvalue weighted by Gasteiger charge is -2.25. The Morgan fingerprint density at radius 1 is 1.37 bits per heavy atom. The number of fused-ring (bicyclic) bond motifs is 1. The molecular weight excluding hydrogens is 320 g/mol. The van der Waals surface area contributed by atoms with E-state index in [0.717, 1.165) is 27.3 Å². The van der Waals surface area contributed by atoms with E-state index in [0.29, 0.717) is 5.41 Å². The number of aromatic nitrogens is 2. The van der Waals surface area contributed by atoms with Gasteiger partial charge in [0.25, 0.3) is 0 Å². The number of hydrogen-bond donors (Lipinski definition) is 1. The molecule has 102 valence electrons. The van der Waals surface area contributed by atoms with Crippen LogP contribution >= 0.6 is 27.7 Å². The number of thioether (sulfide) groups is 1. The predicted molar refractivity (Wildman–Crippen MR) is 86.2 cm³/mol. The van der Waals surface area contributed by atoms with Crippen molar-refractivity contribution in [3.8, 4) is 0 Å². The van der Waals surface area contributed by atoms with Crippen LogP contribution in [0.25, 0.3) is 11.0 Å². The van der Waals surface area contributed by atoms with Gasteiger partial charge in [-0.1, -0.05) is 46.6 Å². The summed E-state index contributed by atoms with van der Waals surface area (Å²) in [6, 6.07) is 6.39. The molecule has 0 aliphatic heterocycles. The van der Waals surface area contributed by atoms with E-state index < -0.39 is 0 Å². The Morgan fingerprint density at radius 3 is 2.89 bits per heavy atom. The van der Waals surface area contributed by atoms with Gasteiger partial charge in [0, 0.05) is 11.1 Å². The number of aryl methyl sites for hydroxylation is 1. The highest BCUT2D eigenvalue weighted by Gasteiger charge is 2.32. The van der Waals surface area contributed by atoms with Gasteiger partial charge in [-0.2, -0.15) is 0 Å². The second-order valence-electron chi connectivity index (χ2n) is 5.69. The molecule has 1 aromatic heterocycles. The molecule has 2 aromatic rings. The average Bonchev–Trinajstić information content (AvgIpc) is 3.02. The molecule has 1 aromatic carbocycles. The molecule has 0 radical (unpaired) electrons. The predicted octanol–water partition coefficient (Wildman–Crippen LogP) is 4.92. The number of nitrogens with zero attached hydrogens (tertiary/aromatic N) is 1. The number of alkyl halides is 1. The topological polar surface area (TPSA) is 28.7 Å². The van der Waals surface area contributed by atoms with Crippen LogP contribution < -0.4 is 0 Å². The summed E-state index contributed by atoms with van der Waals surface area (Å²) in [4.78, 5) is 8.11. The van der Waals surface area contributed by atoms with E-state index >= 15 is 0 Å². The van der Waals surface area contributed by atoms with Crippen LogP contribution in [0, 0.1) is 12.3 Å². The third kappa shape index (κ3) is 2.84. The first-order valence-electron chi connectivity index (χ1n) is 6.86. The lowest BCUT2D eigenvalue weighted by molar-refractivity contribution is 0.405. The third-order valence-electron chi connectivity index (χ3n) is 4.08. The summed E-state index contributed by atoms with van der Waals surface area (Å²) in [5.74, 6) is 1.16. The van der Waals surface area contributed by atoms with Crippen molar-refractivity contribution in [2.24, 2.45) is 5.41 Å². The summed E-state index contributed by atoms with van der Waals surface area (Å²) in [7, 11) is 0. The van der Waals surface area contributed by atoms with Crippen molar-refractivity contribution < 1.29 is 0 Å². The molecule has 1 heterocycles. The van der Waals surface area contributed by atoms with E-state index in [9.17, 15) is 0 Å². The average molecular weight is 339 g/mol. The molecule has 19 heavy (non-hydrogen) atoms. The van der Waals surface area contributed by atoms with Gasteiger partial charge in [-0.05, 0) is 42.9 Å². The van der Waals surface area contributed by atoms with Gasteiger partial charge in [0.1, 0.15) is 0 Å². The van der Waals surface area contributed by atoms with Crippen molar-refractivity contribution in [3.63, 3.8) is 0 Å². The SMILES string of the molecule is Cc1ccc2nc(SCC3(CBr)CCCC3)[nH]c2c1. The number of nitrogens with one attached hydrogen (secondary N) is 1. The Hall–Kier alpha value is -0.480. The number of hydrogen-bond acceptors (Lipinski definition) is 2. The van der Waals surface area contributed by atoms with E-state index in [1.807, 2.05) is 11.8 Å². The maximum atomic E-state index is 4.67. The van der Waals surface area contributed by atoms with Gasteiger partial charge in [-0.25, -0.2) is 4.98 Å². The van der Waals surface area contributed by atoms with Crippen LogP contribution in [0.2, 0.25) is 0 Å². The molecule has 1 fully saturated rings. The molecule has 2 nitrogen and oxygen atoms in total. The van der Waals surface area contributed by atoms with Crippen LogP contribution in [0.5, 0.6) is 0 Å². The van der Waals surface area contributed by atoms with Crippen LogP contribution in [0.3, 0.4) is 0 Å². The second-order valence-corrected chi connectivity index (χ2v) is 7.22. The lowest BCUT2D eigenvalue weighted by atomic mass is 9.92. The van der Waals surface area contributed by atoms with Crippen molar-refractivity contribution >= 4 is 38.7 Å². The highest BCUT2D eigenvalue weighted by molar-refractivity contribution is 9.09. The molecular formula is C15H19BrN2S. The Morgan fingerprint density at radius 2 is 2.16 bits per heavy atom. The van der Waals surface area contributed by atoms with Crippen molar-refractivity contribution in [2.75, 3.05) is 11.1 Å². The molecule has 1 saturated carbocycles. The second kappa shape index (κ2) is 5.49. The normalized spacial score (nSPS) is 18.2. The van der Waals surface area contributed by atoms with Crippen LogP contribution in [-0.4, -0.2) is 21.1 Å². The molecule has 0 atom stereocenters. The number of aromatic amines is 1. The summed E-state index contributed by atoms with van der Waals surface area (Å²) < 4.78 is 0. The minimum absolute atomic E-state index is 0.486. The van der Waals surface area contributed by atoms with Crippen LogP contribution in [0.15, 0.2) is 23.4 Å². The van der Waals surface area contributed by atoms with E-state index in [-0.39, 0.29) is 0 Å². The summed E-state index contributed by atoms with van der Waals surface area (Å²) in [6.07, 6.45) is 5.46. The number of rotatable bonds is 4. The molecule has 0 spiro atoms. The third-order valence-corrected chi connectivity index (χ3v) is 6.49. The van der Waals surface area contributed by atoms with E-state index in [2.05, 4.69) is 51.0 Å². The largest absolute Gasteiger partial charge is 0.333 e. The molecule has 1 aliphatic carbocycles. The van der Waals surface area contributed by atoms with Gasteiger partial charge in [0.15, 0.2) is 5.16 Å². The Labute approximate surface area is 126 Å². The zero-order valence-electron chi connectivity index (χ0n) is 11.2. The molecule has 1 aliphatic rings. The zero-order valence-corrected chi connectivity index (χ0v) is 13.6. The Bertz CT molecular complexity index is 573. The molecule has 0 saturated heterocycles. The molecule has 0 amide bonds. The molecule has 4 heteroatoms. The molecule has 0 bridgehead atoms. The van der Waals surface area contributed by atoms with Crippen molar-refractivity contribution in [3.05, 3.63) is 23.8 Å². The van der Waals surface area contributed by atoms with Crippen LogP contribution in [0.1, 0.15) is 31.2 Å². The number of halogens is 1. The van der Waals surface area contributed by atoms with Crippen molar-refractivity contribution in [2.45, 2.75) is 37.8 Å². The van der Waals surface area contributed by atoms with E-state index in [1.54, 1.807) is 0 Å². The first kappa shape index (κ1) is 13.5. The number of benzene rings is 1. The maximum absolute atomic E-state index is 4.67. The lowest BCUT2D eigenvalue weighted by Crippen LogP contribution is -2.21. The first-order valence-corrected chi connectivity index (χ1v) is 8.97. The number of H-pyrrole nitrogens is 1. The highest BCUT2D eigenvalue weighted by Crippen LogP contribution is 2.43. The standard InChI is InChI=1S/C15H19BrN2S/c1-11-4-5-12-13(8-11)18-14(17-12)19-10-15(9-16)6-2-3-7-15/h4-5,8H,2-3,6-7,9-10H2,1H3,(H,17,18). The summed E-state index contributed by atoms with van der Waals surface area (Å²) >= 11 is 5.58. The van der Waals surface area contributed by atoms with E-state index in [1.165, 1.54) is 31.2 Å². The maximum Gasteiger partial charge on any atom is 0.166 e. The molecule has 0 unspecified atom stereocenters. The van der Waals surface area contributed by atoms with Gasteiger partial charge in [0.05, 0.1) is 11.0 Å². The van der Waals surface area contributed by atoms with Gasteiger partial charge >= 0.3 is 0 Å². The minimum Gasteiger partial charge on any atom is -0.333 e. The van der Waals surface area contributed by atoms with Crippen molar-refractivity contribution in [1.29, 1.82) is 0 Å². The number of imidazole rings is 1. The van der Waals surface area contributed by atoms with Crippen LogP contribution in [0.4, 0.5) is 0 Å². The van der Waals surface area contributed by atoms with E-state index in [4.69, 9.17) is 0 Å². The Kier molecular flexibility index (Phi) is 3.90. The monoisotopic (exact) mass is 338 g/mol. The highest BCUT2D eigenvalue weighted by atomic mass is 79.9.